The number of amides is 1. The maximum atomic E-state index is 14.5. The van der Waals surface area contributed by atoms with E-state index in [1.807, 2.05) is 6.92 Å². The summed E-state index contributed by atoms with van der Waals surface area (Å²) in [4.78, 5) is 26.3. The first-order valence-corrected chi connectivity index (χ1v) is 11.1. The van der Waals surface area contributed by atoms with Gasteiger partial charge in [0.25, 0.3) is 11.8 Å². The van der Waals surface area contributed by atoms with Gasteiger partial charge >= 0.3 is 6.18 Å². The van der Waals surface area contributed by atoms with E-state index in [4.69, 9.17) is 5.73 Å². The largest absolute Gasteiger partial charge is 0.417 e. The second-order valence-electron chi connectivity index (χ2n) is 8.78. The maximum Gasteiger partial charge on any atom is 0.417 e. The molecule has 3 rings (SSSR count). The minimum Gasteiger partial charge on any atom is -0.394 e. The number of aryl methyl sites for hydroxylation is 1. The van der Waals surface area contributed by atoms with E-state index in [2.05, 4.69) is 20.3 Å². The zero-order valence-corrected chi connectivity index (χ0v) is 20.0. The van der Waals surface area contributed by atoms with Crippen LogP contribution in [0.5, 0.6) is 0 Å². The van der Waals surface area contributed by atoms with Crippen LogP contribution >= 0.6 is 0 Å². The van der Waals surface area contributed by atoms with Crippen LogP contribution in [0, 0.1) is 12.8 Å². The summed E-state index contributed by atoms with van der Waals surface area (Å²) < 4.78 is 67.4. The van der Waals surface area contributed by atoms with Gasteiger partial charge in [0, 0.05) is 44.2 Å². The number of rotatable bonds is 6. The third kappa shape index (κ3) is 6.35. The standard InChI is InChI=1S/C24H27F5N6O/c1-14-4-6-18(32-9-14)17(11-31-3)21(30)22(36)35-13-23(25,26)8-15(2)19(35)12-34-20-7-5-16(10-33-20)24(27,28)29/h4-7,9-11,15,19H,8,12-13,30H2,1-3H3,(H,33,34)/t15-,19?/m1/s1. The predicted octanol–water partition coefficient (Wildman–Crippen LogP) is 4.16. The average molecular weight is 511 g/mol. The molecule has 2 atom stereocenters. The van der Waals surface area contributed by atoms with E-state index in [-0.39, 0.29) is 23.6 Å². The van der Waals surface area contributed by atoms with Crippen molar-refractivity contribution in [1.29, 1.82) is 0 Å². The van der Waals surface area contributed by atoms with Crippen LogP contribution in [0.4, 0.5) is 27.8 Å². The zero-order valence-electron chi connectivity index (χ0n) is 20.0. The number of carbonyl (C=O) groups is 1. The van der Waals surface area contributed by atoms with Crippen molar-refractivity contribution >= 4 is 23.5 Å². The number of halogens is 5. The third-order valence-electron chi connectivity index (χ3n) is 5.89. The van der Waals surface area contributed by atoms with Gasteiger partial charge in [-0.1, -0.05) is 13.0 Å². The summed E-state index contributed by atoms with van der Waals surface area (Å²) in [5, 5.41) is 2.85. The lowest BCUT2D eigenvalue weighted by molar-refractivity contribution is -0.148. The second kappa shape index (κ2) is 10.6. The molecule has 3 heterocycles. The average Bonchev–Trinajstić information content (AvgIpc) is 2.80. The summed E-state index contributed by atoms with van der Waals surface area (Å²) in [6.07, 6.45) is -1.40. The van der Waals surface area contributed by atoms with Crippen molar-refractivity contribution in [3.63, 3.8) is 0 Å². The van der Waals surface area contributed by atoms with E-state index in [1.54, 1.807) is 25.3 Å². The molecule has 1 aliphatic rings. The van der Waals surface area contributed by atoms with Crippen LogP contribution in [-0.4, -0.2) is 59.1 Å². The molecule has 1 amide bonds. The summed E-state index contributed by atoms with van der Waals surface area (Å²) in [5.74, 6) is -4.48. The number of pyridine rings is 2. The Kier molecular flexibility index (Phi) is 7.95. The Balaban J connectivity index is 1.89. The predicted molar refractivity (Wildman–Crippen MR) is 126 cm³/mol. The number of alkyl halides is 5. The van der Waals surface area contributed by atoms with Crippen LogP contribution in [0.25, 0.3) is 5.57 Å². The Morgan fingerprint density at radius 3 is 2.53 bits per heavy atom. The number of aliphatic imine (C=N–C) groups is 1. The summed E-state index contributed by atoms with van der Waals surface area (Å²) in [5.41, 5.74) is 6.41. The lowest BCUT2D eigenvalue weighted by atomic mass is 9.88. The molecular formula is C24H27F5N6O. The Morgan fingerprint density at radius 1 is 1.25 bits per heavy atom. The van der Waals surface area contributed by atoms with Crippen molar-refractivity contribution in [2.24, 2.45) is 16.6 Å². The minimum atomic E-state index is -4.53. The van der Waals surface area contributed by atoms with Crippen molar-refractivity contribution in [2.75, 3.05) is 25.5 Å². The van der Waals surface area contributed by atoms with Crippen LogP contribution in [0.1, 0.15) is 30.2 Å². The number of anilines is 1. The van der Waals surface area contributed by atoms with E-state index < -0.39 is 48.5 Å². The Morgan fingerprint density at radius 2 is 1.97 bits per heavy atom. The first-order chi connectivity index (χ1) is 16.8. The van der Waals surface area contributed by atoms with Crippen molar-refractivity contribution in [3.05, 3.63) is 59.2 Å². The zero-order chi connectivity index (χ0) is 26.7. The van der Waals surface area contributed by atoms with Gasteiger partial charge in [0.1, 0.15) is 11.5 Å². The number of nitrogens with zero attached hydrogens (tertiary/aromatic N) is 4. The second-order valence-corrected chi connectivity index (χ2v) is 8.78. The Labute approximate surface area is 205 Å². The third-order valence-corrected chi connectivity index (χ3v) is 5.89. The molecule has 2 aromatic heterocycles. The van der Waals surface area contributed by atoms with Crippen LogP contribution < -0.4 is 11.1 Å². The number of likely N-dealkylation sites (tertiary alicyclic amines) is 1. The SMILES string of the molecule is CN=CC(=C(N)C(=O)N1CC(F)(F)C[C@@H](C)C1CNc1ccc(C(F)(F)F)cn1)c1ccc(C)cn1. The fraction of sp³-hybridized carbons (Fsp3) is 0.417. The molecule has 0 spiro atoms. The molecule has 1 unspecified atom stereocenters. The van der Waals surface area contributed by atoms with Gasteiger partial charge in [0.15, 0.2) is 0 Å². The van der Waals surface area contributed by atoms with Gasteiger partial charge in [-0.25, -0.2) is 13.8 Å². The van der Waals surface area contributed by atoms with Gasteiger partial charge in [0.05, 0.1) is 23.8 Å². The number of hydrogen-bond donors (Lipinski definition) is 2. The quantitative estimate of drug-likeness (QED) is 0.346. The molecule has 36 heavy (non-hydrogen) atoms. The summed E-state index contributed by atoms with van der Waals surface area (Å²) in [6, 6.07) is 4.69. The molecule has 7 nitrogen and oxygen atoms in total. The monoisotopic (exact) mass is 510 g/mol. The highest BCUT2D eigenvalue weighted by Crippen LogP contribution is 2.35. The van der Waals surface area contributed by atoms with E-state index in [0.29, 0.717) is 11.9 Å². The van der Waals surface area contributed by atoms with Crippen LogP contribution in [0.3, 0.4) is 0 Å². The molecule has 0 bridgehead atoms. The number of hydrogen-bond acceptors (Lipinski definition) is 6. The molecule has 1 fully saturated rings. The molecule has 1 aliphatic heterocycles. The highest BCUT2D eigenvalue weighted by Gasteiger charge is 2.46. The lowest BCUT2D eigenvalue weighted by Gasteiger charge is -2.43. The smallest absolute Gasteiger partial charge is 0.394 e. The van der Waals surface area contributed by atoms with Gasteiger partial charge in [-0.05, 0) is 36.6 Å². The van der Waals surface area contributed by atoms with Crippen molar-refractivity contribution in [1.82, 2.24) is 14.9 Å². The fourth-order valence-corrected chi connectivity index (χ4v) is 4.05. The summed E-state index contributed by atoms with van der Waals surface area (Å²) in [7, 11) is 1.48. The first kappa shape index (κ1) is 27.0. The molecule has 194 valence electrons. The van der Waals surface area contributed by atoms with Gasteiger partial charge in [0.2, 0.25) is 0 Å². The molecule has 12 heteroatoms. The molecule has 0 aromatic carbocycles. The lowest BCUT2D eigenvalue weighted by Crippen LogP contribution is -2.58. The molecule has 0 aliphatic carbocycles. The topological polar surface area (TPSA) is 96.5 Å². The highest BCUT2D eigenvalue weighted by molar-refractivity contribution is 6.17. The van der Waals surface area contributed by atoms with Crippen LogP contribution in [0.2, 0.25) is 0 Å². The van der Waals surface area contributed by atoms with Crippen molar-refractivity contribution < 1.29 is 26.7 Å². The van der Waals surface area contributed by atoms with Gasteiger partial charge in [-0.3, -0.25) is 14.8 Å². The van der Waals surface area contributed by atoms with Gasteiger partial charge < -0.3 is 16.0 Å². The van der Waals surface area contributed by atoms with E-state index in [9.17, 15) is 26.7 Å². The first-order valence-electron chi connectivity index (χ1n) is 11.1. The van der Waals surface area contributed by atoms with E-state index >= 15 is 0 Å². The van der Waals surface area contributed by atoms with Gasteiger partial charge in [-0.15, -0.1) is 0 Å². The molecule has 1 saturated heterocycles. The number of carbonyl (C=O) groups excluding carboxylic acids is 1. The Bertz CT molecular complexity index is 1130. The number of nitrogens with one attached hydrogen (secondary N) is 1. The summed E-state index contributed by atoms with van der Waals surface area (Å²) >= 11 is 0. The highest BCUT2D eigenvalue weighted by atomic mass is 19.4. The number of allylic oxidation sites excluding steroid dienone is 1. The molecular weight excluding hydrogens is 483 g/mol. The van der Waals surface area contributed by atoms with Gasteiger partial charge in [-0.2, -0.15) is 13.2 Å². The normalized spacial score (nSPS) is 20.8. The minimum absolute atomic E-state index is 0.0192. The van der Waals surface area contributed by atoms with Crippen molar-refractivity contribution in [2.45, 2.75) is 38.4 Å². The van der Waals surface area contributed by atoms with E-state index in [1.165, 1.54) is 13.3 Å². The number of nitrogens with two attached hydrogens (primary N) is 1. The number of piperidine rings is 1. The van der Waals surface area contributed by atoms with E-state index in [0.717, 1.165) is 22.6 Å². The molecule has 0 radical (unpaired) electrons. The van der Waals surface area contributed by atoms with Crippen LogP contribution in [-0.2, 0) is 11.0 Å². The van der Waals surface area contributed by atoms with Crippen molar-refractivity contribution in [3.8, 4) is 0 Å². The summed E-state index contributed by atoms with van der Waals surface area (Å²) in [6.45, 7) is 2.54. The van der Waals surface area contributed by atoms with Crippen LogP contribution in [0.15, 0.2) is 47.3 Å². The molecule has 3 N–H and O–H groups in total. The Hall–Kier alpha value is -3.57. The number of aromatic nitrogens is 2. The molecule has 0 saturated carbocycles. The molecule has 2 aromatic rings. The maximum absolute atomic E-state index is 14.5. The fourth-order valence-electron chi connectivity index (χ4n) is 4.05.